The van der Waals surface area contributed by atoms with Crippen LogP contribution in [0.4, 0.5) is 0 Å². The Bertz CT molecular complexity index is 622. The van der Waals surface area contributed by atoms with E-state index in [1.165, 1.54) is 7.11 Å². The predicted octanol–water partition coefficient (Wildman–Crippen LogP) is 2.64. The molecule has 0 aliphatic carbocycles. The Balaban J connectivity index is 2.04. The smallest absolute Gasteiger partial charge is 0.328 e. The molecule has 1 saturated heterocycles. The Kier molecular flexibility index (Phi) is 6.62. The molecule has 2 heterocycles. The quantitative estimate of drug-likeness (QED) is 0.741. The molecule has 0 saturated carbocycles. The molecule has 1 amide bonds. The van der Waals surface area contributed by atoms with Gasteiger partial charge in [-0.3, -0.25) is 9.48 Å². The largest absolute Gasteiger partial charge is 0.467 e. The average molecular weight is 349 g/mol. The number of carbonyl (C=O) groups is 2. The second-order valence-electron chi connectivity index (χ2n) is 7.35. The molecule has 2 rings (SSSR count). The van der Waals surface area contributed by atoms with Gasteiger partial charge in [0, 0.05) is 25.2 Å². The number of rotatable bonds is 6. The number of carbonyl (C=O) groups excluding carboxylic acids is 2. The maximum Gasteiger partial charge on any atom is 0.328 e. The van der Waals surface area contributed by atoms with E-state index in [2.05, 4.69) is 25.9 Å². The Hall–Kier alpha value is -1.85. The summed E-state index contributed by atoms with van der Waals surface area (Å²) in [6.07, 6.45) is 3.68. The first-order chi connectivity index (χ1) is 11.8. The van der Waals surface area contributed by atoms with E-state index >= 15 is 0 Å². The summed E-state index contributed by atoms with van der Waals surface area (Å²) in [6.45, 7) is 9.94. The first-order valence-corrected chi connectivity index (χ1v) is 9.25. The molecule has 0 bridgehead atoms. The third-order valence-electron chi connectivity index (χ3n) is 4.95. The van der Waals surface area contributed by atoms with Crippen LogP contribution in [-0.4, -0.2) is 46.3 Å². The lowest BCUT2D eigenvalue weighted by Crippen LogP contribution is -2.48. The lowest BCUT2D eigenvalue weighted by molar-refractivity contribution is -0.154. The zero-order valence-corrected chi connectivity index (χ0v) is 16.2. The third kappa shape index (κ3) is 4.61. The van der Waals surface area contributed by atoms with Crippen LogP contribution in [0, 0.1) is 19.8 Å². The Morgan fingerprint density at radius 2 is 2.00 bits per heavy atom. The third-order valence-corrected chi connectivity index (χ3v) is 4.95. The van der Waals surface area contributed by atoms with Gasteiger partial charge in [0.1, 0.15) is 6.04 Å². The van der Waals surface area contributed by atoms with Crippen molar-refractivity contribution in [3.63, 3.8) is 0 Å². The van der Waals surface area contributed by atoms with Crippen molar-refractivity contribution in [3.05, 3.63) is 17.0 Å². The van der Waals surface area contributed by atoms with Crippen LogP contribution >= 0.6 is 0 Å². The van der Waals surface area contributed by atoms with Gasteiger partial charge in [-0.2, -0.15) is 5.10 Å². The van der Waals surface area contributed by atoms with Gasteiger partial charge in [-0.15, -0.1) is 0 Å². The number of piperidine rings is 1. The van der Waals surface area contributed by atoms with Crippen molar-refractivity contribution < 1.29 is 14.3 Å². The van der Waals surface area contributed by atoms with E-state index < -0.39 is 6.04 Å². The van der Waals surface area contributed by atoms with Crippen molar-refractivity contribution in [1.82, 2.24) is 14.7 Å². The van der Waals surface area contributed by atoms with Gasteiger partial charge < -0.3 is 9.64 Å². The molecule has 140 valence electrons. The molecule has 0 spiro atoms. The van der Waals surface area contributed by atoms with Crippen LogP contribution in [0.2, 0.25) is 0 Å². The van der Waals surface area contributed by atoms with Gasteiger partial charge in [-0.25, -0.2) is 4.79 Å². The van der Waals surface area contributed by atoms with E-state index in [1.54, 1.807) is 4.90 Å². The fourth-order valence-electron chi connectivity index (χ4n) is 3.61. The number of methoxy groups -OCH3 is 1. The second-order valence-corrected chi connectivity index (χ2v) is 7.35. The molecule has 6 nitrogen and oxygen atoms in total. The summed E-state index contributed by atoms with van der Waals surface area (Å²) < 4.78 is 6.90. The first kappa shape index (κ1) is 19.5. The standard InChI is InChI=1S/C19H31N3O3/c1-13(2)12-22-15(4)16(14(3)20-22)9-10-18(23)21-11-7-6-8-17(21)19(24)25-5/h13,17H,6-12H2,1-5H3. The Morgan fingerprint density at radius 3 is 2.64 bits per heavy atom. The van der Waals surface area contributed by atoms with Gasteiger partial charge in [0.2, 0.25) is 5.91 Å². The van der Waals surface area contributed by atoms with E-state index in [0.29, 0.717) is 31.7 Å². The molecule has 1 aromatic rings. The van der Waals surface area contributed by atoms with Gasteiger partial charge in [0.15, 0.2) is 0 Å². The fraction of sp³-hybridized carbons (Fsp3) is 0.737. The molecule has 0 aromatic carbocycles. The van der Waals surface area contributed by atoms with Crippen molar-refractivity contribution in [1.29, 1.82) is 0 Å². The second kappa shape index (κ2) is 8.50. The number of ether oxygens (including phenoxy) is 1. The molecular formula is C19H31N3O3. The van der Waals surface area contributed by atoms with E-state index in [-0.39, 0.29) is 11.9 Å². The van der Waals surface area contributed by atoms with Crippen LogP contribution in [0.3, 0.4) is 0 Å². The molecule has 1 fully saturated rings. The highest BCUT2D eigenvalue weighted by Gasteiger charge is 2.32. The normalized spacial score (nSPS) is 17.8. The Morgan fingerprint density at radius 1 is 1.28 bits per heavy atom. The fourth-order valence-corrected chi connectivity index (χ4v) is 3.61. The molecule has 0 N–H and O–H groups in total. The number of hydrogen-bond acceptors (Lipinski definition) is 4. The molecule has 1 aliphatic rings. The highest BCUT2D eigenvalue weighted by molar-refractivity contribution is 5.84. The molecule has 1 unspecified atom stereocenters. The minimum absolute atomic E-state index is 0.0329. The zero-order valence-electron chi connectivity index (χ0n) is 16.2. The van der Waals surface area contributed by atoms with Crippen molar-refractivity contribution in [2.75, 3.05) is 13.7 Å². The van der Waals surface area contributed by atoms with E-state index in [9.17, 15) is 9.59 Å². The van der Waals surface area contributed by atoms with E-state index in [4.69, 9.17) is 4.74 Å². The monoisotopic (exact) mass is 349 g/mol. The van der Waals surface area contributed by atoms with Crippen molar-refractivity contribution in [3.8, 4) is 0 Å². The predicted molar refractivity (Wildman–Crippen MR) is 96.2 cm³/mol. The summed E-state index contributed by atoms with van der Waals surface area (Å²) in [5.41, 5.74) is 3.29. The number of likely N-dealkylation sites (tertiary alicyclic amines) is 1. The molecule has 1 aromatic heterocycles. The minimum Gasteiger partial charge on any atom is -0.467 e. The highest BCUT2D eigenvalue weighted by Crippen LogP contribution is 2.21. The number of esters is 1. The lowest BCUT2D eigenvalue weighted by atomic mass is 10.0. The molecule has 6 heteroatoms. The zero-order chi connectivity index (χ0) is 18.6. The van der Waals surface area contributed by atoms with Crippen molar-refractivity contribution in [2.24, 2.45) is 5.92 Å². The highest BCUT2D eigenvalue weighted by atomic mass is 16.5. The first-order valence-electron chi connectivity index (χ1n) is 9.25. The van der Waals surface area contributed by atoms with Crippen molar-refractivity contribution in [2.45, 2.75) is 72.4 Å². The topological polar surface area (TPSA) is 64.4 Å². The molecule has 0 radical (unpaired) electrons. The van der Waals surface area contributed by atoms with Crippen LogP contribution < -0.4 is 0 Å². The molecular weight excluding hydrogens is 318 g/mol. The molecule has 1 aliphatic heterocycles. The average Bonchev–Trinajstić information content (AvgIpc) is 2.85. The summed E-state index contributed by atoms with van der Waals surface area (Å²) in [5.74, 6) is 0.261. The van der Waals surface area contributed by atoms with Crippen LogP contribution in [-0.2, 0) is 27.3 Å². The van der Waals surface area contributed by atoms with Crippen LogP contribution in [0.15, 0.2) is 0 Å². The van der Waals surface area contributed by atoms with E-state index in [0.717, 1.165) is 36.3 Å². The maximum atomic E-state index is 12.7. The van der Waals surface area contributed by atoms with Crippen LogP contribution in [0.1, 0.15) is 56.5 Å². The van der Waals surface area contributed by atoms with Gasteiger partial charge in [0.05, 0.1) is 12.8 Å². The number of amides is 1. The SMILES string of the molecule is COC(=O)C1CCCCN1C(=O)CCc1c(C)nn(CC(C)C)c1C. The number of aryl methyl sites for hydroxylation is 1. The summed E-state index contributed by atoms with van der Waals surface area (Å²) in [7, 11) is 1.38. The summed E-state index contributed by atoms with van der Waals surface area (Å²) >= 11 is 0. The molecule has 25 heavy (non-hydrogen) atoms. The summed E-state index contributed by atoms with van der Waals surface area (Å²) in [6, 6.07) is -0.419. The van der Waals surface area contributed by atoms with E-state index in [1.807, 2.05) is 11.6 Å². The van der Waals surface area contributed by atoms with Gasteiger partial charge in [-0.05, 0) is 51.0 Å². The van der Waals surface area contributed by atoms with Gasteiger partial charge in [0.25, 0.3) is 0 Å². The minimum atomic E-state index is -0.419. The number of hydrogen-bond donors (Lipinski definition) is 0. The Labute approximate surface area is 150 Å². The number of aromatic nitrogens is 2. The number of nitrogens with zero attached hydrogens (tertiary/aromatic N) is 3. The summed E-state index contributed by atoms with van der Waals surface area (Å²) in [4.78, 5) is 26.3. The lowest BCUT2D eigenvalue weighted by Gasteiger charge is -2.33. The van der Waals surface area contributed by atoms with Gasteiger partial charge in [-0.1, -0.05) is 13.8 Å². The van der Waals surface area contributed by atoms with Crippen LogP contribution in [0.5, 0.6) is 0 Å². The maximum absolute atomic E-state index is 12.7. The van der Waals surface area contributed by atoms with Crippen LogP contribution in [0.25, 0.3) is 0 Å². The van der Waals surface area contributed by atoms with Crippen molar-refractivity contribution >= 4 is 11.9 Å². The van der Waals surface area contributed by atoms with Gasteiger partial charge >= 0.3 is 5.97 Å². The molecule has 1 atom stereocenters. The summed E-state index contributed by atoms with van der Waals surface area (Å²) in [5, 5.41) is 4.61.